The zero-order valence-corrected chi connectivity index (χ0v) is 19.3. The maximum absolute atomic E-state index is 13.2. The van der Waals surface area contributed by atoms with Crippen molar-refractivity contribution in [3.8, 4) is 0 Å². The second-order valence-electron chi connectivity index (χ2n) is 7.93. The number of para-hydroxylation sites is 2. The molecular formula is C26H25N5O4. The average molecular weight is 472 g/mol. The van der Waals surface area contributed by atoms with Gasteiger partial charge in [0.05, 0.1) is 17.5 Å². The lowest BCUT2D eigenvalue weighted by Crippen LogP contribution is -2.31. The summed E-state index contributed by atoms with van der Waals surface area (Å²) in [6.45, 7) is 1.95. The average Bonchev–Trinajstić information content (AvgIpc) is 2.88. The van der Waals surface area contributed by atoms with Crippen LogP contribution < -0.4 is 10.9 Å². The summed E-state index contributed by atoms with van der Waals surface area (Å²) >= 11 is 0. The summed E-state index contributed by atoms with van der Waals surface area (Å²) in [5, 5.41) is 2.48. The maximum Gasteiger partial charge on any atom is 0.306 e. The molecule has 35 heavy (non-hydrogen) atoms. The van der Waals surface area contributed by atoms with Crippen LogP contribution >= 0.6 is 0 Å². The van der Waals surface area contributed by atoms with E-state index in [9.17, 15) is 14.4 Å². The van der Waals surface area contributed by atoms with Gasteiger partial charge in [-0.05, 0) is 37.1 Å². The predicted octanol–water partition coefficient (Wildman–Crippen LogP) is 2.93. The first-order valence-corrected chi connectivity index (χ1v) is 11.3. The largest absolute Gasteiger partial charge is 0.453 e. The second-order valence-corrected chi connectivity index (χ2v) is 7.93. The molecule has 0 fully saturated rings. The Bertz CT molecular complexity index is 1370. The highest BCUT2D eigenvalue weighted by atomic mass is 16.5. The number of amides is 1. The molecule has 0 aliphatic heterocycles. The van der Waals surface area contributed by atoms with Crippen LogP contribution in [0.5, 0.6) is 0 Å². The van der Waals surface area contributed by atoms with E-state index in [0.717, 1.165) is 11.1 Å². The monoisotopic (exact) mass is 471 g/mol. The van der Waals surface area contributed by atoms with Crippen LogP contribution in [0, 0.1) is 0 Å². The van der Waals surface area contributed by atoms with Crippen molar-refractivity contribution in [1.29, 1.82) is 0 Å². The van der Waals surface area contributed by atoms with Gasteiger partial charge in [0.1, 0.15) is 5.69 Å². The van der Waals surface area contributed by atoms with Gasteiger partial charge in [0.2, 0.25) is 5.95 Å². The Morgan fingerprint density at radius 2 is 1.69 bits per heavy atom. The number of anilines is 1. The van der Waals surface area contributed by atoms with Crippen LogP contribution in [-0.4, -0.2) is 37.5 Å². The van der Waals surface area contributed by atoms with E-state index in [2.05, 4.69) is 20.3 Å². The smallest absolute Gasteiger partial charge is 0.306 e. The van der Waals surface area contributed by atoms with Crippen molar-refractivity contribution < 1.29 is 14.3 Å². The standard InChI is InChI=1S/C26H25N5O4/c1-18(24(33)30-26-27-15-7-16-28-26)35-23(32)13-12-21-25(34)31(17-14-19-8-3-2-4-9-19)22-11-6-5-10-20(22)29-21/h2-11,15-16,18H,12-14,17H2,1H3,(H,27,28,30,33). The number of fused-ring (bicyclic) bond motifs is 1. The highest BCUT2D eigenvalue weighted by molar-refractivity contribution is 5.93. The third-order valence-electron chi connectivity index (χ3n) is 5.43. The van der Waals surface area contributed by atoms with Gasteiger partial charge < -0.3 is 9.30 Å². The Kier molecular flexibility index (Phi) is 7.57. The van der Waals surface area contributed by atoms with Gasteiger partial charge in [0, 0.05) is 25.4 Å². The molecule has 0 spiro atoms. The van der Waals surface area contributed by atoms with Crippen LogP contribution in [-0.2, 0) is 33.7 Å². The number of hydrogen-bond donors (Lipinski definition) is 1. The summed E-state index contributed by atoms with van der Waals surface area (Å²) in [6.07, 6.45) is 2.64. The molecule has 4 rings (SSSR count). The van der Waals surface area contributed by atoms with Gasteiger partial charge in [0.25, 0.3) is 11.5 Å². The fraction of sp³-hybridized carbons (Fsp3) is 0.231. The molecule has 0 saturated heterocycles. The van der Waals surface area contributed by atoms with Crippen molar-refractivity contribution in [1.82, 2.24) is 19.5 Å². The Morgan fingerprint density at radius 1 is 0.971 bits per heavy atom. The number of rotatable bonds is 9. The molecular weight excluding hydrogens is 446 g/mol. The number of nitrogens with one attached hydrogen (secondary N) is 1. The van der Waals surface area contributed by atoms with Crippen molar-refractivity contribution in [2.45, 2.75) is 38.8 Å². The summed E-state index contributed by atoms with van der Waals surface area (Å²) in [5.74, 6) is -1.03. The molecule has 0 aliphatic carbocycles. The molecule has 2 aromatic carbocycles. The van der Waals surface area contributed by atoms with E-state index >= 15 is 0 Å². The first-order valence-electron chi connectivity index (χ1n) is 11.3. The van der Waals surface area contributed by atoms with Gasteiger partial charge in [-0.25, -0.2) is 15.0 Å². The number of nitrogens with zero attached hydrogens (tertiary/aromatic N) is 4. The summed E-state index contributed by atoms with van der Waals surface area (Å²) in [4.78, 5) is 50.1. The topological polar surface area (TPSA) is 116 Å². The van der Waals surface area contributed by atoms with E-state index in [-0.39, 0.29) is 30.0 Å². The summed E-state index contributed by atoms with van der Waals surface area (Å²) in [6, 6.07) is 19.0. The fourth-order valence-corrected chi connectivity index (χ4v) is 3.62. The van der Waals surface area contributed by atoms with Crippen LogP contribution in [0.1, 0.15) is 24.6 Å². The van der Waals surface area contributed by atoms with E-state index in [1.165, 1.54) is 19.3 Å². The predicted molar refractivity (Wildman–Crippen MR) is 131 cm³/mol. The van der Waals surface area contributed by atoms with Crippen LogP contribution in [0.2, 0.25) is 0 Å². The number of hydrogen-bond acceptors (Lipinski definition) is 7. The quantitative estimate of drug-likeness (QED) is 0.373. The number of esters is 1. The highest BCUT2D eigenvalue weighted by Crippen LogP contribution is 2.13. The number of ether oxygens (including phenoxy) is 1. The number of aryl methyl sites for hydroxylation is 3. The molecule has 1 amide bonds. The van der Waals surface area contributed by atoms with Gasteiger partial charge in [-0.2, -0.15) is 0 Å². The Morgan fingerprint density at radius 3 is 2.46 bits per heavy atom. The van der Waals surface area contributed by atoms with Gasteiger partial charge in [-0.1, -0.05) is 42.5 Å². The molecule has 9 nitrogen and oxygen atoms in total. The minimum atomic E-state index is -1.04. The Balaban J connectivity index is 1.43. The van der Waals surface area contributed by atoms with Crippen molar-refractivity contribution in [3.05, 3.63) is 94.7 Å². The van der Waals surface area contributed by atoms with E-state index in [1.54, 1.807) is 10.6 Å². The zero-order chi connectivity index (χ0) is 24.6. The van der Waals surface area contributed by atoms with Gasteiger partial charge >= 0.3 is 5.97 Å². The summed E-state index contributed by atoms with van der Waals surface area (Å²) < 4.78 is 6.93. The number of benzene rings is 2. The lowest BCUT2D eigenvalue weighted by molar-refractivity contribution is -0.153. The molecule has 0 radical (unpaired) electrons. The number of aromatic nitrogens is 4. The molecule has 9 heteroatoms. The number of carbonyl (C=O) groups excluding carboxylic acids is 2. The molecule has 2 aromatic heterocycles. The van der Waals surface area contributed by atoms with Crippen molar-refractivity contribution >= 4 is 28.9 Å². The second kappa shape index (κ2) is 11.1. The Labute approximate surface area is 201 Å². The maximum atomic E-state index is 13.2. The molecule has 1 atom stereocenters. The van der Waals surface area contributed by atoms with Gasteiger partial charge in [-0.15, -0.1) is 0 Å². The minimum Gasteiger partial charge on any atom is -0.453 e. The van der Waals surface area contributed by atoms with Crippen LogP contribution in [0.15, 0.2) is 77.9 Å². The minimum absolute atomic E-state index is 0.0846. The lowest BCUT2D eigenvalue weighted by atomic mass is 10.1. The summed E-state index contributed by atoms with van der Waals surface area (Å²) in [5.41, 5.74) is 2.59. The normalized spacial score (nSPS) is 11.7. The SMILES string of the molecule is CC(OC(=O)CCc1nc2ccccc2n(CCc2ccccc2)c1=O)C(=O)Nc1ncccn1. The molecule has 0 saturated carbocycles. The third kappa shape index (κ3) is 6.14. The number of carbonyl (C=O) groups is 2. The van der Waals surface area contributed by atoms with E-state index in [0.29, 0.717) is 18.5 Å². The molecule has 1 N–H and O–H groups in total. The van der Waals surface area contributed by atoms with Crippen molar-refractivity contribution in [2.75, 3.05) is 5.32 Å². The molecule has 0 aliphatic rings. The van der Waals surface area contributed by atoms with E-state index < -0.39 is 18.0 Å². The van der Waals surface area contributed by atoms with Crippen LogP contribution in [0.4, 0.5) is 5.95 Å². The first kappa shape index (κ1) is 23.7. The molecule has 0 bridgehead atoms. The van der Waals surface area contributed by atoms with E-state index in [1.807, 2.05) is 54.6 Å². The van der Waals surface area contributed by atoms with E-state index in [4.69, 9.17) is 4.74 Å². The summed E-state index contributed by atoms with van der Waals surface area (Å²) in [7, 11) is 0. The molecule has 4 aromatic rings. The van der Waals surface area contributed by atoms with Gasteiger partial charge in [0.15, 0.2) is 6.10 Å². The van der Waals surface area contributed by atoms with Crippen LogP contribution in [0.25, 0.3) is 11.0 Å². The molecule has 2 heterocycles. The molecule has 1 unspecified atom stereocenters. The lowest BCUT2D eigenvalue weighted by Gasteiger charge is -2.14. The zero-order valence-electron chi connectivity index (χ0n) is 19.3. The highest BCUT2D eigenvalue weighted by Gasteiger charge is 2.20. The Hall–Kier alpha value is -4.40. The van der Waals surface area contributed by atoms with Crippen LogP contribution in [0.3, 0.4) is 0 Å². The van der Waals surface area contributed by atoms with Crippen molar-refractivity contribution in [3.63, 3.8) is 0 Å². The third-order valence-corrected chi connectivity index (χ3v) is 5.43. The van der Waals surface area contributed by atoms with Gasteiger partial charge in [-0.3, -0.25) is 19.7 Å². The first-order chi connectivity index (χ1) is 17.0. The van der Waals surface area contributed by atoms with Crippen molar-refractivity contribution in [2.24, 2.45) is 0 Å². The fourth-order valence-electron chi connectivity index (χ4n) is 3.62. The molecule has 178 valence electrons.